The number of aromatic nitrogens is 2. The SMILES string of the molecule is c1ccc(-c2c(-c3cc4ccccc4s3)oc3ncnc(NCCN4CCNCC4)c23)cc1. The van der Waals surface area contributed by atoms with Crippen molar-refractivity contribution in [1.82, 2.24) is 20.2 Å². The first-order valence-electron chi connectivity index (χ1n) is 11.4. The van der Waals surface area contributed by atoms with Gasteiger partial charge in [0.1, 0.15) is 12.1 Å². The molecule has 0 unspecified atom stereocenters. The third-order valence-electron chi connectivity index (χ3n) is 6.13. The number of thiophene rings is 1. The molecule has 1 saturated heterocycles. The number of anilines is 1. The van der Waals surface area contributed by atoms with Gasteiger partial charge in [0.15, 0.2) is 5.76 Å². The van der Waals surface area contributed by atoms with E-state index in [1.54, 1.807) is 17.7 Å². The van der Waals surface area contributed by atoms with Crippen LogP contribution >= 0.6 is 11.3 Å². The van der Waals surface area contributed by atoms with Gasteiger partial charge in [-0.05, 0) is 23.1 Å². The molecule has 4 heterocycles. The number of benzene rings is 2. The van der Waals surface area contributed by atoms with Crippen LogP contribution in [0.2, 0.25) is 0 Å². The molecule has 1 aliphatic heterocycles. The Labute approximate surface area is 196 Å². The lowest BCUT2D eigenvalue weighted by Crippen LogP contribution is -2.45. The first kappa shape index (κ1) is 20.4. The minimum absolute atomic E-state index is 0.612. The van der Waals surface area contributed by atoms with E-state index in [2.05, 4.69) is 80.1 Å². The molecule has 0 spiro atoms. The molecule has 166 valence electrons. The van der Waals surface area contributed by atoms with Gasteiger partial charge in [-0.3, -0.25) is 4.90 Å². The molecule has 6 rings (SSSR count). The Kier molecular flexibility index (Phi) is 5.51. The predicted molar refractivity (Wildman–Crippen MR) is 136 cm³/mol. The number of hydrogen-bond donors (Lipinski definition) is 2. The maximum atomic E-state index is 6.41. The molecule has 0 aliphatic carbocycles. The predicted octanol–water partition coefficient (Wildman–Crippen LogP) is 5.09. The van der Waals surface area contributed by atoms with E-state index in [1.165, 1.54) is 10.1 Å². The van der Waals surface area contributed by atoms with Crippen molar-refractivity contribution in [2.24, 2.45) is 0 Å². The first-order chi connectivity index (χ1) is 16.4. The zero-order chi connectivity index (χ0) is 22.0. The molecule has 0 amide bonds. The van der Waals surface area contributed by atoms with Gasteiger partial charge in [-0.2, -0.15) is 0 Å². The monoisotopic (exact) mass is 455 g/mol. The highest BCUT2D eigenvalue weighted by Crippen LogP contribution is 2.45. The average molecular weight is 456 g/mol. The molecule has 3 aromatic heterocycles. The van der Waals surface area contributed by atoms with Crippen LogP contribution in [-0.2, 0) is 0 Å². The summed E-state index contributed by atoms with van der Waals surface area (Å²) in [6, 6.07) is 21.0. The number of nitrogens with zero attached hydrogens (tertiary/aromatic N) is 3. The second-order valence-electron chi connectivity index (χ2n) is 8.24. The molecule has 0 saturated carbocycles. The first-order valence-corrected chi connectivity index (χ1v) is 12.2. The quantitative estimate of drug-likeness (QED) is 0.372. The highest BCUT2D eigenvalue weighted by Gasteiger charge is 2.23. The van der Waals surface area contributed by atoms with Crippen molar-refractivity contribution < 1.29 is 4.42 Å². The van der Waals surface area contributed by atoms with E-state index < -0.39 is 0 Å². The zero-order valence-electron chi connectivity index (χ0n) is 18.3. The number of furan rings is 1. The number of rotatable bonds is 6. The van der Waals surface area contributed by atoms with Gasteiger partial charge in [-0.15, -0.1) is 11.3 Å². The van der Waals surface area contributed by atoms with Gasteiger partial charge in [0.2, 0.25) is 5.71 Å². The third-order valence-corrected chi connectivity index (χ3v) is 7.25. The van der Waals surface area contributed by atoms with Crippen LogP contribution in [0.1, 0.15) is 0 Å². The molecule has 1 aliphatic rings. The molecule has 5 aromatic rings. The fourth-order valence-corrected chi connectivity index (χ4v) is 5.53. The normalized spacial score (nSPS) is 14.8. The van der Waals surface area contributed by atoms with Crippen LogP contribution in [-0.4, -0.2) is 54.1 Å². The molecule has 6 nitrogen and oxygen atoms in total. The number of fused-ring (bicyclic) bond motifs is 2. The van der Waals surface area contributed by atoms with E-state index >= 15 is 0 Å². The van der Waals surface area contributed by atoms with E-state index in [1.807, 2.05) is 6.07 Å². The van der Waals surface area contributed by atoms with Crippen LogP contribution in [0.5, 0.6) is 0 Å². The fraction of sp³-hybridized carbons (Fsp3) is 0.231. The van der Waals surface area contributed by atoms with E-state index in [0.717, 1.165) is 72.2 Å². The summed E-state index contributed by atoms with van der Waals surface area (Å²) in [5, 5.41) is 9.13. The van der Waals surface area contributed by atoms with Gasteiger partial charge in [0.05, 0.1) is 10.3 Å². The van der Waals surface area contributed by atoms with Crippen LogP contribution in [0.4, 0.5) is 5.82 Å². The summed E-state index contributed by atoms with van der Waals surface area (Å²) < 4.78 is 7.65. The third kappa shape index (κ3) is 3.99. The highest BCUT2D eigenvalue weighted by molar-refractivity contribution is 7.22. The Morgan fingerprint density at radius 3 is 2.67 bits per heavy atom. The number of nitrogens with one attached hydrogen (secondary N) is 2. The van der Waals surface area contributed by atoms with Crippen LogP contribution < -0.4 is 10.6 Å². The molecule has 2 aromatic carbocycles. The summed E-state index contributed by atoms with van der Waals surface area (Å²) in [7, 11) is 0. The maximum absolute atomic E-state index is 6.41. The summed E-state index contributed by atoms with van der Waals surface area (Å²) >= 11 is 1.74. The van der Waals surface area contributed by atoms with E-state index in [4.69, 9.17) is 4.42 Å². The van der Waals surface area contributed by atoms with Gasteiger partial charge in [-0.25, -0.2) is 9.97 Å². The molecule has 33 heavy (non-hydrogen) atoms. The van der Waals surface area contributed by atoms with Crippen molar-refractivity contribution in [3.05, 3.63) is 67.0 Å². The lowest BCUT2D eigenvalue weighted by Gasteiger charge is -2.27. The Morgan fingerprint density at radius 2 is 1.82 bits per heavy atom. The lowest BCUT2D eigenvalue weighted by atomic mass is 10.0. The molecule has 1 fully saturated rings. The van der Waals surface area contributed by atoms with E-state index in [0.29, 0.717) is 5.71 Å². The highest BCUT2D eigenvalue weighted by atomic mass is 32.1. The lowest BCUT2D eigenvalue weighted by molar-refractivity contribution is 0.249. The van der Waals surface area contributed by atoms with Gasteiger partial charge in [0.25, 0.3) is 0 Å². The van der Waals surface area contributed by atoms with Crippen molar-refractivity contribution >= 4 is 38.3 Å². The second-order valence-corrected chi connectivity index (χ2v) is 9.33. The standard InChI is InChI=1S/C26H25N5OS/c1-2-6-18(7-3-1)22-23-25(28-12-15-31-13-10-27-11-14-31)29-17-30-26(23)32-24(22)21-16-19-8-4-5-9-20(19)33-21/h1-9,16-17,27H,10-15H2,(H,28,29,30). The molecular weight excluding hydrogens is 430 g/mol. The molecule has 0 bridgehead atoms. The van der Waals surface area contributed by atoms with Crippen LogP contribution in [0, 0.1) is 0 Å². The summed E-state index contributed by atoms with van der Waals surface area (Å²) in [5.74, 6) is 1.67. The van der Waals surface area contributed by atoms with Crippen molar-refractivity contribution in [3.63, 3.8) is 0 Å². The van der Waals surface area contributed by atoms with Gasteiger partial charge >= 0.3 is 0 Å². The van der Waals surface area contributed by atoms with Crippen molar-refractivity contribution in [2.45, 2.75) is 0 Å². The molecular formula is C26H25N5OS. The van der Waals surface area contributed by atoms with Crippen molar-refractivity contribution in [3.8, 4) is 21.8 Å². The Balaban J connectivity index is 1.43. The Hall–Kier alpha value is -3.26. The van der Waals surface area contributed by atoms with Crippen LogP contribution in [0.3, 0.4) is 0 Å². The van der Waals surface area contributed by atoms with Gasteiger partial charge in [-0.1, -0.05) is 48.5 Å². The molecule has 7 heteroatoms. The Bertz CT molecular complexity index is 1360. The van der Waals surface area contributed by atoms with E-state index in [-0.39, 0.29) is 0 Å². The fourth-order valence-electron chi connectivity index (χ4n) is 4.48. The average Bonchev–Trinajstić information content (AvgIpc) is 3.47. The minimum Gasteiger partial charge on any atom is -0.436 e. The smallest absolute Gasteiger partial charge is 0.232 e. The van der Waals surface area contributed by atoms with Crippen molar-refractivity contribution in [2.75, 3.05) is 44.6 Å². The van der Waals surface area contributed by atoms with E-state index in [9.17, 15) is 0 Å². The molecule has 2 N–H and O–H groups in total. The second kappa shape index (κ2) is 8.94. The summed E-state index contributed by atoms with van der Waals surface area (Å²) in [6.45, 7) is 6.07. The Morgan fingerprint density at radius 1 is 1.00 bits per heavy atom. The number of piperazine rings is 1. The van der Waals surface area contributed by atoms with Crippen LogP contribution in [0.25, 0.3) is 43.0 Å². The zero-order valence-corrected chi connectivity index (χ0v) is 19.1. The van der Waals surface area contributed by atoms with Gasteiger partial charge in [0, 0.05) is 49.5 Å². The largest absolute Gasteiger partial charge is 0.436 e. The topological polar surface area (TPSA) is 66.2 Å². The van der Waals surface area contributed by atoms with Crippen LogP contribution in [0.15, 0.2) is 71.4 Å². The molecule has 0 atom stereocenters. The summed E-state index contributed by atoms with van der Waals surface area (Å²) in [6.07, 6.45) is 1.59. The summed E-state index contributed by atoms with van der Waals surface area (Å²) in [5.41, 5.74) is 2.76. The summed E-state index contributed by atoms with van der Waals surface area (Å²) in [4.78, 5) is 12.7. The number of hydrogen-bond acceptors (Lipinski definition) is 7. The minimum atomic E-state index is 0.612. The maximum Gasteiger partial charge on any atom is 0.232 e. The molecule has 0 radical (unpaired) electrons. The van der Waals surface area contributed by atoms with Gasteiger partial charge < -0.3 is 15.1 Å². The van der Waals surface area contributed by atoms with Crippen molar-refractivity contribution in [1.29, 1.82) is 0 Å².